The number of methoxy groups -OCH3 is 2. The van der Waals surface area contributed by atoms with E-state index < -0.39 is 13.7 Å². The van der Waals surface area contributed by atoms with Crippen molar-refractivity contribution in [1.82, 2.24) is 15.0 Å². The van der Waals surface area contributed by atoms with E-state index in [-0.39, 0.29) is 36.0 Å². The van der Waals surface area contributed by atoms with Crippen LogP contribution in [0.3, 0.4) is 0 Å². The van der Waals surface area contributed by atoms with Gasteiger partial charge in [-0.25, -0.2) is 0 Å². The van der Waals surface area contributed by atoms with Crippen molar-refractivity contribution < 1.29 is 28.9 Å². The summed E-state index contributed by atoms with van der Waals surface area (Å²) in [6.45, 7) is 7.71. The molecule has 3 heterocycles. The quantitative estimate of drug-likeness (QED) is 0.128. The monoisotopic (exact) mass is 779 g/mol. The van der Waals surface area contributed by atoms with Crippen molar-refractivity contribution in [2.45, 2.75) is 63.2 Å². The number of amides is 2. The average molecular weight is 780 g/mol. The fourth-order valence-corrected chi connectivity index (χ4v) is 12.7. The number of fused-ring (bicyclic) bond motifs is 2. The molecule has 0 aliphatic carbocycles. The Morgan fingerprint density at radius 1 is 0.982 bits per heavy atom. The maximum atomic E-state index is 15.2. The van der Waals surface area contributed by atoms with Crippen LogP contribution in [0.1, 0.15) is 40.5 Å². The second-order valence-corrected chi connectivity index (χ2v) is 19.9. The van der Waals surface area contributed by atoms with Crippen LogP contribution in [0.4, 0.5) is 11.4 Å². The highest BCUT2D eigenvalue weighted by Gasteiger charge is 2.66. The van der Waals surface area contributed by atoms with Crippen LogP contribution in [0.25, 0.3) is 0 Å². The molecule has 1 spiro atoms. The Labute approximate surface area is 327 Å². The van der Waals surface area contributed by atoms with Gasteiger partial charge in [-0.1, -0.05) is 66.3 Å². The molecule has 1 aromatic heterocycles. The summed E-state index contributed by atoms with van der Waals surface area (Å²) in [5.74, 6) is 0.916. The number of aromatic nitrogens is 3. The lowest BCUT2D eigenvalue weighted by Crippen LogP contribution is -2.51. The Kier molecular flexibility index (Phi) is 10.9. The minimum absolute atomic E-state index is 0.0000637. The zero-order valence-corrected chi connectivity index (χ0v) is 33.4. The highest BCUT2D eigenvalue weighted by Crippen LogP contribution is 2.60. The Morgan fingerprint density at radius 3 is 2.31 bits per heavy atom. The van der Waals surface area contributed by atoms with Crippen LogP contribution in [-0.2, 0) is 34.6 Å². The van der Waals surface area contributed by atoms with E-state index >= 15 is 4.79 Å². The van der Waals surface area contributed by atoms with Crippen molar-refractivity contribution in [3.63, 3.8) is 0 Å². The van der Waals surface area contributed by atoms with Crippen molar-refractivity contribution in [1.29, 1.82) is 0 Å². The lowest BCUT2D eigenvalue weighted by molar-refractivity contribution is -0.146. The van der Waals surface area contributed by atoms with Gasteiger partial charge in [-0.05, 0) is 84.3 Å². The van der Waals surface area contributed by atoms with Crippen LogP contribution in [0.15, 0.2) is 97.2 Å². The predicted octanol–water partition coefficient (Wildman–Crippen LogP) is 6.59. The maximum Gasteiger partial charge on any atom is 0.264 e. The Morgan fingerprint density at radius 2 is 1.65 bits per heavy atom. The van der Waals surface area contributed by atoms with Gasteiger partial charge >= 0.3 is 0 Å². The van der Waals surface area contributed by atoms with Gasteiger partial charge in [-0.3, -0.25) is 14.3 Å². The van der Waals surface area contributed by atoms with Crippen molar-refractivity contribution in [2.24, 2.45) is 5.92 Å². The van der Waals surface area contributed by atoms with E-state index in [0.29, 0.717) is 48.0 Å². The highest BCUT2D eigenvalue weighted by molar-refractivity contribution is 6.91. The van der Waals surface area contributed by atoms with Crippen LogP contribution in [0.2, 0.25) is 23.7 Å². The molecule has 4 aromatic carbocycles. The van der Waals surface area contributed by atoms with Crippen molar-refractivity contribution in [2.75, 3.05) is 31.0 Å². The molecule has 13 heteroatoms. The van der Waals surface area contributed by atoms with Gasteiger partial charge in [-0.15, -0.1) is 5.10 Å². The number of aryl methyl sites for hydroxylation is 1. The SMILES string of the molecule is COc1ccc(C(=O)Nc2ccc(CN3C(=O)[C@@]4(O[C@@H](CCn5cc(CCO)nn5)[C@H]([Si](C)(C)c5ccc(OC)cc5)[C@H]4C)c4cc(Cl)ccc43)cc2)cc1. The van der Waals surface area contributed by atoms with Crippen LogP contribution >= 0.6 is 11.6 Å². The summed E-state index contributed by atoms with van der Waals surface area (Å²) in [5, 5.41) is 22.7. The number of hydrogen-bond donors (Lipinski definition) is 2. The van der Waals surface area contributed by atoms with Crippen LogP contribution in [0, 0.1) is 5.92 Å². The number of nitrogens with one attached hydrogen (secondary N) is 1. The molecule has 11 nitrogen and oxygen atoms in total. The third-order valence-corrected chi connectivity index (χ3v) is 15.9. The molecule has 2 aliphatic rings. The minimum atomic E-state index is -2.36. The number of hydrogen-bond acceptors (Lipinski definition) is 8. The first-order valence-electron chi connectivity index (χ1n) is 18.5. The van der Waals surface area contributed by atoms with E-state index in [4.69, 9.17) is 25.8 Å². The molecule has 2 aliphatic heterocycles. The van der Waals surface area contributed by atoms with Gasteiger partial charge in [0.25, 0.3) is 11.8 Å². The number of halogens is 1. The number of ether oxygens (including phenoxy) is 3. The number of rotatable bonds is 13. The molecule has 0 saturated carbocycles. The first kappa shape index (κ1) is 38.3. The molecule has 2 amide bonds. The van der Waals surface area contributed by atoms with Crippen molar-refractivity contribution in [3.8, 4) is 11.5 Å². The van der Waals surface area contributed by atoms with Gasteiger partial charge in [0.15, 0.2) is 5.60 Å². The van der Waals surface area contributed by atoms with Crippen LogP contribution < -0.4 is 24.9 Å². The zero-order chi connectivity index (χ0) is 38.9. The molecule has 55 heavy (non-hydrogen) atoms. The van der Waals surface area contributed by atoms with Gasteiger partial charge in [0, 0.05) is 53.5 Å². The van der Waals surface area contributed by atoms with E-state index in [2.05, 4.69) is 47.8 Å². The number of carbonyl (C=O) groups excluding carboxylic acids is 2. The molecular formula is C42H46ClN5O6Si. The first-order chi connectivity index (χ1) is 26.5. The van der Waals surface area contributed by atoms with E-state index in [1.807, 2.05) is 65.7 Å². The van der Waals surface area contributed by atoms with E-state index in [0.717, 1.165) is 28.3 Å². The molecule has 7 rings (SSSR count). The fraction of sp³-hybridized carbons (Fsp3) is 0.333. The lowest BCUT2D eigenvalue weighted by atomic mass is 9.82. The largest absolute Gasteiger partial charge is 0.497 e. The predicted molar refractivity (Wildman–Crippen MR) is 215 cm³/mol. The third kappa shape index (κ3) is 7.27. The lowest BCUT2D eigenvalue weighted by Gasteiger charge is -2.37. The van der Waals surface area contributed by atoms with Gasteiger partial charge < -0.3 is 29.5 Å². The second kappa shape index (κ2) is 15.6. The molecule has 1 saturated heterocycles. The molecule has 0 bridgehead atoms. The molecule has 2 N–H and O–H groups in total. The fourth-order valence-electron chi connectivity index (χ4n) is 8.47. The Balaban J connectivity index is 1.19. The summed E-state index contributed by atoms with van der Waals surface area (Å²) in [4.78, 5) is 29.9. The molecule has 4 atom stereocenters. The van der Waals surface area contributed by atoms with E-state index in [1.165, 1.54) is 5.19 Å². The van der Waals surface area contributed by atoms with E-state index in [1.54, 1.807) is 43.2 Å². The third-order valence-electron chi connectivity index (χ3n) is 11.3. The maximum absolute atomic E-state index is 15.2. The average Bonchev–Trinajstić information content (AvgIpc) is 3.84. The second-order valence-electron chi connectivity index (χ2n) is 14.8. The summed E-state index contributed by atoms with van der Waals surface area (Å²) in [5.41, 5.74) is 3.09. The molecule has 5 aromatic rings. The Hall–Kier alpha value is -5.01. The smallest absolute Gasteiger partial charge is 0.264 e. The number of nitrogens with zero attached hydrogens (tertiary/aromatic N) is 4. The summed E-state index contributed by atoms with van der Waals surface area (Å²) in [7, 11) is 0.886. The molecule has 286 valence electrons. The van der Waals surface area contributed by atoms with Crippen LogP contribution in [-0.4, -0.2) is 66.9 Å². The number of carbonyl (C=O) groups is 2. The van der Waals surface area contributed by atoms with E-state index in [9.17, 15) is 9.90 Å². The summed E-state index contributed by atoms with van der Waals surface area (Å²) in [6.07, 6.45) is 2.62. The number of aliphatic hydroxyl groups excluding tert-OH is 1. The van der Waals surface area contributed by atoms with Crippen molar-refractivity contribution >= 4 is 48.1 Å². The van der Waals surface area contributed by atoms with Gasteiger partial charge in [0.1, 0.15) is 11.5 Å². The number of anilines is 2. The topological polar surface area (TPSA) is 128 Å². The molecule has 1 fully saturated rings. The molecule has 0 radical (unpaired) electrons. The van der Waals surface area contributed by atoms with Crippen molar-refractivity contribution in [3.05, 3.63) is 125 Å². The Bertz CT molecular complexity index is 2160. The van der Waals surface area contributed by atoms with Crippen LogP contribution in [0.5, 0.6) is 11.5 Å². The normalized spacial score (nSPS) is 20.5. The summed E-state index contributed by atoms with van der Waals surface area (Å²) < 4.78 is 19.7. The number of benzene rings is 4. The molecular weight excluding hydrogens is 734 g/mol. The standard InChI is InChI=1S/C42H46ClN5O6Si/c1-27-39(55(4,5)35-17-15-34(53-3)16-18-35)38(20-22-47-26-32(21-23-49)45-46-47)54-42(27)36-24-30(43)10-19-37(36)48(41(42)51)25-28-6-11-31(12-7-28)44-40(50)29-8-13-33(52-2)14-9-29/h6-19,24,26-27,38-39,49H,20-23,25H2,1-5H3,(H,44,50)/t27-,38+,39-,42+/m1/s1. The number of aliphatic hydroxyl groups is 1. The first-order valence-corrected chi connectivity index (χ1v) is 21.9. The summed E-state index contributed by atoms with van der Waals surface area (Å²) >= 11 is 6.70. The van der Waals surface area contributed by atoms with Gasteiger partial charge in [0.05, 0.1) is 46.3 Å². The van der Waals surface area contributed by atoms with Gasteiger partial charge in [-0.2, -0.15) is 0 Å². The zero-order valence-electron chi connectivity index (χ0n) is 31.7. The van der Waals surface area contributed by atoms with Gasteiger partial charge in [0.2, 0.25) is 0 Å². The summed E-state index contributed by atoms with van der Waals surface area (Å²) in [6, 6.07) is 28.4. The minimum Gasteiger partial charge on any atom is -0.497 e. The highest BCUT2D eigenvalue weighted by atomic mass is 35.5. The molecule has 0 unspecified atom stereocenters.